The molecule has 0 bridgehead atoms. The molecule has 0 unspecified atom stereocenters. The number of aliphatic hydroxyl groups excluding tert-OH is 1. The Bertz CT molecular complexity index is 756. The smallest absolute Gasteiger partial charge is 0.0738 e. The first-order valence-corrected chi connectivity index (χ1v) is 10.6. The van der Waals surface area contributed by atoms with Crippen LogP contribution in [0.3, 0.4) is 0 Å². The number of aliphatic hydroxyl groups is 1. The Morgan fingerprint density at radius 1 is 1.04 bits per heavy atom. The van der Waals surface area contributed by atoms with Crippen LogP contribution in [0.15, 0.2) is 48.5 Å². The van der Waals surface area contributed by atoms with Gasteiger partial charge in [0.2, 0.25) is 0 Å². The summed E-state index contributed by atoms with van der Waals surface area (Å²) in [6.07, 6.45) is 3.58. The molecule has 1 heterocycles. The van der Waals surface area contributed by atoms with Gasteiger partial charge in [0.25, 0.3) is 0 Å². The molecule has 1 aliphatic carbocycles. The Balaban J connectivity index is 1.50. The van der Waals surface area contributed by atoms with E-state index in [1.165, 1.54) is 20.3 Å². The van der Waals surface area contributed by atoms with Gasteiger partial charge in [0.15, 0.2) is 0 Å². The van der Waals surface area contributed by atoms with Crippen molar-refractivity contribution < 1.29 is 5.11 Å². The molecular formula is C22H27IN2O. The minimum Gasteiger partial charge on any atom is -0.391 e. The monoisotopic (exact) mass is 462 g/mol. The van der Waals surface area contributed by atoms with Gasteiger partial charge in [-0.3, -0.25) is 4.90 Å². The van der Waals surface area contributed by atoms with Gasteiger partial charge in [-0.1, -0.05) is 42.5 Å². The maximum atomic E-state index is 10.8. The van der Waals surface area contributed by atoms with Gasteiger partial charge < -0.3 is 10.8 Å². The molecule has 2 aromatic carbocycles. The fourth-order valence-electron chi connectivity index (χ4n) is 4.79. The van der Waals surface area contributed by atoms with Gasteiger partial charge >= 0.3 is 0 Å². The van der Waals surface area contributed by atoms with Crippen LogP contribution < -0.4 is 5.73 Å². The lowest BCUT2D eigenvalue weighted by Gasteiger charge is -2.46. The van der Waals surface area contributed by atoms with Crippen molar-refractivity contribution in [3.63, 3.8) is 0 Å². The highest BCUT2D eigenvalue weighted by molar-refractivity contribution is 14.1. The van der Waals surface area contributed by atoms with Crippen LogP contribution in [0, 0.1) is 3.57 Å². The molecule has 0 saturated carbocycles. The molecular weight excluding hydrogens is 435 g/mol. The lowest BCUT2D eigenvalue weighted by molar-refractivity contribution is 0.0192. The maximum Gasteiger partial charge on any atom is 0.0738 e. The molecule has 2 aliphatic rings. The predicted molar refractivity (Wildman–Crippen MR) is 114 cm³/mol. The van der Waals surface area contributed by atoms with Crippen LogP contribution in [0.1, 0.15) is 29.5 Å². The average molecular weight is 462 g/mol. The van der Waals surface area contributed by atoms with Crippen LogP contribution >= 0.6 is 22.6 Å². The van der Waals surface area contributed by atoms with Crippen molar-refractivity contribution in [1.29, 1.82) is 0 Å². The molecule has 0 spiro atoms. The molecule has 0 aromatic heterocycles. The first-order valence-electron chi connectivity index (χ1n) is 9.57. The molecule has 1 aliphatic heterocycles. The molecule has 1 saturated heterocycles. The molecule has 4 rings (SSSR count). The van der Waals surface area contributed by atoms with E-state index in [0.29, 0.717) is 6.54 Å². The predicted octanol–water partition coefficient (Wildman–Crippen LogP) is 3.11. The van der Waals surface area contributed by atoms with E-state index in [2.05, 4.69) is 76.0 Å². The Morgan fingerprint density at radius 2 is 1.77 bits per heavy atom. The van der Waals surface area contributed by atoms with Crippen molar-refractivity contribution in [2.45, 2.75) is 43.2 Å². The number of piperidine rings is 1. The van der Waals surface area contributed by atoms with Crippen LogP contribution in [0.5, 0.6) is 0 Å². The van der Waals surface area contributed by atoms with E-state index in [-0.39, 0.29) is 17.6 Å². The normalized spacial score (nSPS) is 25.7. The van der Waals surface area contributed by atoms with E-state index in [1.807, 2.05) is 0 Å². The lowest BCUT2D eigenvalue weighted by Crippen LogP contribution is -2.55. The summed E-state index contributed by atoms with van der Waals surface area (Å²) in [5.74, 6) is 0. The molecule has 3 N–H and O–H groups in total. The van der Waals surface area contributed by atoms with Crippen LogP contribution in [0.2, 0.25) is 0 Å². The molecule has 1 fully saturated rings. The molecule has 3 nitrogen and oxygen atoms in total. The van der Waals surface area contributed by atoms with E-state index in [0.717, 1.165) is 38.8 Å². The zero-order valence-corrected chi connectivity index (χ0v) is 17.2. The number of halogens is 1. The molecule has 26 heavy (non-hydrogen) atoms. The first kappa shape index (κ1) is 18.4. The van der Waals surface area contributed by atoms with E-state index in [4.69, 9.17) is 5.73 Å². The fraction of sp³-hybridized carbons (Fsp3) is 0.455. The molecule has 138 valence electrons. The van der Waals surface area contributed by atoms with Gasteiger partial charge in [-0.25, -0.2) is 0 Å². The number of hydrogen-bond acceptors (Lipinski definition) is 3. The fourth-order valence-corrected chi connectivity index (χ4v) is 5.56. The molecule has 2 atom stereocenters. The lowest BCUT2D eigenvalue weighted by atomic mass is 9.72. The van der Waals surface area contributed by atoms with Gasteiger partial charge in [-0.15, -0.1) is 0 Å². The van der Waals surface area contributed by atoms with Gasteiger partial charge in [0, 0.05) is 28.0 Å². The Hall–Kier alpha value is -0.950. The van der Waals surface area contributed by atoms with Crippen molar-refractivity contribution in [2.24, 2.45) is 5.73 Å². The number of likely N-dealkylation sites (tertiary alicyclic amines) is 1. The summed E-state index contributed by atoms with van der Waals surface area (Å²) in [5, 5.41) is 10.8. The molecule has 0 radical (unpaired) electrons. The third-order valence-corrected chi connectivity index (χ3v) is 7.51. The van der Waals surface area contributed by atoms with Crippen molar-refractivity contribution >= 4 is 22.6 Å². The quantitative estimate of drug-likeness (QED) is 0.690. The summed E-state index contributed by atoms with van der Waals surface area (Å²) < 4.78 is 1.33. The minimum atomic E-state index is -0.275. The molecule has 0 amide bonds. The Morgan fingerprint density at radius 3 is 2.46 bits per heavy atom. The summed E-state index contributed by atoms with van der Waals surface area (Å²) >= 11 is 2.43. The van der Waals surface area contributed by atoms with E-state index >= 15 is 0 Å². The summed E-state index contributed by atoms with van der Waals surface area (Å²) in [5.41, 5.74) is 10.4. The molecule has 4 heteroatoms. The van der Waals surface area contributed by atoms with E-state index < -0.39 is 0 Å². The van der Waals surface area contributed by atoms with Gasteiger partial charge in [0.05, 0.1) is 6.10 Å². The number of benzene rings is 2. The zero-order chi connectivity index (χ0) is 18.1. The van der Waals surface area contributed by atoms with E-state index in [1.54, 1.807) is 0 Å². The summed E-state index contributed by atoms with van der Waals surface area (Å²) in [6, 6.07) is 17.4. The minimum absolute atomic E-state index is 0.0870. The summed E-state index contributed by atoms with van der Waals surface area (Å²) in [7, 11) is 0. The summed E-state index contributed by atoms with van der Waals surface area (Å²) in [4.78, 5) is 2.51. The first-order chi connectivity index (χ1) is 12.6. The largest absolute Gasteiger partial charge is 0.391 e. The third kappa shape index (κ3) is 3.33. The highest BCUT2D eigenvalue weighted by atomic mass is 127. The van der Waals surface area contributed by atoms with Gasteiger partial charge in [-0.05, 0) is 77.7 Å². The Kier molecular flexibility index (Phi) is 5.37. The summed E-state index contributed by atoms with van der Waals surface area (Å²) in [6.45, 7) is 2.71. The van der Waals surface area contributed by atoms with Crippen LogP contribution in [-0.2, 0) is 18.3 Å². The average Bonchev–Trinajstić information content (AvgIpc) is 2.69. The van der Waals surface area contributed by atoms with Crippen molar-refractivity contribution in [3.05, 3.63) is 68.8 Å². The number of nitrogens with zero attached hydrogens (tertiary/aromatic N) is 1. The zero-order valence-electron chi connectivity index (χ0n) is 15.1. The third-order valence-electron chi connectivity index (χ3n) is 6.50. The maximum absolute atomic E-state index is 10.8. The SMILES string of the molecule is NCC1(c2ccccc2)CCN([C@@H]2Cc3c(I)cccc3C[C@H]2O)CC1. The number of nitrogens with two attached hydrogens (primary N) is 1. The van der Waals surface area contributed by atoms with Crippen molar-refractivity contribution in [2.75, 3.05) is 19.6 Å². The highest BCUT2D eigenvalue weighted by Gasteiger charge is 2.39. The van der Waals surface area contributed by atoms with Crippen LogP contribution in [0.4, 0.5) is 0 Å². The van der Waals surface area contributed by atoms with Gasteiger partial charge in [0.1, 0.15) is 0 Å². The van der Waals surface area contributed by atoms with E-state index in [9.17, 15) is 5.11 Å². The topological polar surface area (TPSA) is 49.5 Å². The van der Waals surface area contributed by atoms with Crippen molar-refractivity contribution in [1.82, 2.24) is 4.90 Å². The standard InChI is InChI=1S/C22H27IN2O/c23-19-8-4-5-16-13-21(26)20(14-18(16)19)25-11-9-22(15-24,10-12-25)17-6-2-1-3-7-17/h1-8,20-21,26H,9-15,24H2/t20-,21-/m1/s1. The second-order valence-electron chi connectivity index (χ2n) is 7.81. The second-order valence-corrected chi connectivity index (χ2v) is 8.97. The highest BCUT2D eigenvalue weighted by Crippen LogP contribution is 2.37. The van der Waals surface area contributed by atoms with Crippen LogP contribution in [0.25, 0.3) is 0 Å². The number of rotatable bonds is 3. The number of fused-ring (bicyclic) bond motifs is 1. The molecule has 2 aromatic rings. The van der Waals surface area contributed by atoms with Gasteiger partial charge in [-0.2, -0.15) is 0 Å². The Labute approximate surface area is 169 Å². The van der Waals surface area contributed by atoms with Crippen LogP contribution in [-0.4, -0.2) is 41.8 Å². The number of hydrogen-bond donors (Lipinski definition) is 2. The second kappa shape index (κ2) is 7.58. The van der Waals surface area contributed by atoms with Crippen molar-refractivity contribution in [3.8, 4) is 0 Å².